The van der Waals surface area contributed by atoms with Crippen molar-refractivity contribution in [2.45, 2.75) is 25.0 Å². The number of hydrogen-bond donors (Lipinski definition) is 3. The molecule has 4 aromatic rings. The van der Waals surface area contributed by atoms with E-state index in [1.165, 1.54) is 24.3 Å². The van der Waals surface area contributed by atoms with Gasteiger partial charge in [0.2, 0.25) is 5.91 Å². The van der Waals surface area contributed by atoms with Crippen LogP contribution in [0.5, 0.6) is 0 Å². The normalized spacial score (nSPS) is 18.2. The molecule has 1 saturated heterocycles. The Bertz CT molecular complexity index is 1470. The van der Waals surface area contributed by atoms with Crippen molar-refractivity contribution < 1.29 is 28.6 Å². The second-order valence-electron chi connectivity index (χ2n) is 9.46. The Morgan fingerprint density at radius 2 is 1.53 bits per heavy atom. The van der Waals surface area contributed by atoms with E-state index in [0.29, 0.717) is 24.0 Å². The van der Waals surface area contributed by atoms with Gasteiger partial charge in [-0.2, -0.15) is 0 Å². The SMILES string of the molecule is O=C1C(CCC(O)c2ccc(F)cc2)C(c2ccc(-c3cccc(P(=O)(O)O)c3)cc2)N1c1ccccc1. The molecule has 4 aromatic carbocycles. The first-order valence-corrected chi connectivity index (χ1v) is 13.9. The van der Waals surface area contributed by atoms with Crippen LogP contribution in [0.1, 0.15) is 36.1 Å². The maximum absolute atomic E-state index is 13.3. The number of halogens is 1. The standard InChI is InChI=1S/C30H27FNO5P/c31-24-15-13-21(14-16-24)28(33)18-17-27-29(32(30(27)34)25-6-2-1-3-7-25)22-11-9-20(10-12-22)23-5-4-8-26(19-23)38(35,36)37/h1-16,19,27-29,33H,17-18H2,(H2,35,36,37). The van der Waals surface area contributed by atoms with Gasteiger partial charge in [0, 0.05) is 5.69 Å². The van der Waals surface area contributed by atoms with Crippen LogP contribution in [-0.4, -0.2) is 20.8 Å². The van der Waals surface area contributed by atoms with E-state index in [9.17, 15) is 28.6 Å². The van der Waals surface area contributed by atoms with E-state index in [1.807, 2.05) is 54.6 Å². The van der Waals surface area contributed by atoms with E-state index >= 15 is 0 Å². The Balaban J connectivity index is 1.40. The summed E-state index contributed by atoms with van der Waals surface area (Å²) < 4.78 is 24.9. The third-order valence-electron chi connectivity index (χ3n) is 7.02. The first-order chi connectivity index (χ1) is 18.2. The number of carbonyl (C=O) groups excluding carboxylic acids is 1. The highest BCUT2D eigenvalue weighted by Gasteiger charge is 2.48. The predicted octanol–water partition coefficient (Wildman–Crippen LogP) is 5.51. The van der Waals surface area contributed by atoms with E-state index < -0.39 is 13.7 Å². The molecule has 1 aliphatic rings. The Morgan fingerprint density at radius 1 is 0.842 bits per heavy atom. The molecule has 0 aromatic heterocycles. The number of carbonyl (C=O) groups is 1. The van der Waals surface area contributed by atoms with Gasteiger partial charge in [0.05, 0.1) is 23.4 Å². The number of amides is 1. The van der Waals surface area contributed by atoms with Crippen molar-refractivity contribution in [2.24, 2.45) is 5.92 Å². The lowest BCUT2D eigenvalue weighted by atomic mass is 9.78. The first kappa shape index (κ1) is 26.0. The Hall–Kier alpha value is -3.61. The topological polar surface area (TPSA) is 98.1 Å². The number of nitrogens with zero attached hydrogens (tertiary/aromatic N) is 1. The molecule has 194 valence electrons. The zero-order chi connectivity index (χ0) is 26.9. The molecule has 38 heavy (non-hydrogen) atoms. The van der Waals surface area contributed by atoms with Crippen LogP contribution in [0.3, 0.4) is 0 Å². The fraction of sp³-hybridized carbons (Fsp3) is 0.167. The van der Waals surface area contributed by atoms with Gasteiger partial charge in [-0.25, -0.2) is 4.39 Å². The third kappa shape index (κ3) is 5.33. The van der Waals surface area contributed by atoms with Crippen LogP contribution in [0.25, 0.3) is 11.1 Å². The summed E-state index contributed by atoms with van der Waals surface area (Å²) in [7, 11) is -4.37. The Morgan fingerprint density at radius 3 is 2.18 bits per heavy atom. The van der Waals surface area contributed by atoms with Gasteiger partial charge in [0.25, 0.3) is 0 Å². The smallest absolute Gasteiger partial charge is 0.356 e. The van der Waals surface area contributed by atoms with Crippen LogP contribution in [0.4, 0.5) is 10.1 Å². The zero-order valence-corrected chi connectivity index (χ0v) is 21.3. The monoisotopic (exact) mass is 531 g/mol. The molecule has 1 fully saturated rings. The number of hydrogen-bond acceptors (Lipinski definition) is 3. The minimum Gasteiger partial charge on any atom is -0.388 e. The number of para-hydroxylation sites is 1. The molecule has 5 rings (SSSR count). The summed E-state index contributed by atoms with van der Waals surface area (Å²) in [6.07, 6.45) is 0.00444. The number of rotatable bonds is 8. The predicted molar refractivity (Wildman–Crippen MR) is 144 cm³/mol. The molecule has 6 nitrogen and oxygen atoms in total. The van der Waals surface area contributed by atoms with Crippen LogP contribution < -0.4 is 10.2 Å². The molecule has 1 amide bonds. The van der Waals surface area contributed by atoms with Gasteiger partial charge in [0.1, 0.15) is 5.82 Å². The fourth-order valence-corrected chi connectivity index (χ4v) is 5.60. The molecule has 1 heterocycles. The summed E-state index contributed by atoms with van der Waals surface area (Å²) in [6, 6.07) is 28.8. The Labute approximate surface area is 220 Å². The van der Waals surface area contributed by atoms with Crippen molar-refractivity contribution in [3.05, 3.63) is 120 Å². The largest absolute Gasteiger partial charge is 0.388 e. The molecule has 3 unspecified atom stereocenters. The molecule has 1 aliphatic heterocycles. The highest BCUT2D eigenvalue weighted by Crippen LogP contribution is 2.46. The zero-order valence-electron chi connectivity index (χ0n) is 20.4. The molecule has 0 bridgehead atoms. The van der Waals surface area contributed by atoms with Crippen molar-refractivity contribution in [3.63, 3.8) is 0 Å². The second-order valence-corrected chi connectivity index (χ2v) is 11.1. The maximum atomic E-state index is 13.3. The molecular weight excluding hydrogens is 504 g/mol. The molecule has 0 saturated carbocycles. The minimum absolute atomic E-state index is 0.0223. The van der Waals surface area contributed by atoms with E-state index in [2.05, 4.69) is 0 Å². The summed E-state index contributed by atoms with van der Waals surface area (Å²) >= 11 is 0. The average Bonchev–Trinajstić information content (AvgIpc) is 2.92. The van der Waals surface area contributed by atoms with Gasteiger partial charge in [-0.3, -0.25) is 9.36 Å². The van der Waals surface area contributed by atoms with Gasteiger partial charge in [-0.1, -0.05) is 66.7 Å². The number of anilines is 1. The van der Waals surface area contributed by atoms with E-state index in [-0.39, 0.29) is 29.0 Å². The minimum atomic E-state index is -4.37. The molecule has 8 heteroatoms. The molecule has 3 N–H and O–H groups in total. The van der Waals surface area contributed by atoms with Crippen LogP contribution >= 0.6 is 7.60 Å². The third-order valence-corrected chi connectivity index (χ3v) is 7.97. The van der Waals surface area contributed by atoms with E-state index in [4.69, 9.17) is 0 Å². The highest BCUT2D eigenvalue weighted by molar-refractivity contribution is 7.60. The first-order valence-electron chi connectivity index (χ1n) is 12.3. The summed E-state index contributed by atoms with van der Waals surface area (Å²) in [5.74, 6) is -0.731. The van der Waals surface area contributed by atoms with Gasteiger partial charge >= 0.3 is 7.60 Å². The quantitative estimate of drug-likeness (QED) is 0.206. The number of aliphatic hydroxyl groups excluding tert-OH is 1. The Kier molecular flexibility index (Phi) is 7.28. The maximum Gasteiger partial charge on any atom is 0.356 e. The van der Waals surface area contributed by atoms with Gasteiger partial charge < -0.3 is 19.8 Å². The summed E-state index contributed by atoms with van der Waals surface area (Å²) in [4.78, 5) is 34.1. The van der Waals surface area contributed by atoms with Gasteiger partial charge in [-0.15, -0.1) is 0 Å². The van der Waals surface area contributed by atoms with Crippen molar-refractivity contribution >= 4 is 24.5 Å². The van der Waals surface area contributed by atoms with Crippen molar-refractivity contribution in [1.82, 2.24) is 0 Å². The lowest BCUT2D eigenvalue weighted by Crippen LogP contribution is -2.55. The average molecular weight is 532 g/mol. The van der Waals surface area contributed by atoms with Crippen molar-refractivity contribution in [3.8, 4) is 11.1 Å². The van der Waals surface area contributed by atoms with Crippen LogP contribution in [-0.2, 0) is 9.36 Å². The van der Waals surface area contributed by atoms with Gasteiger partial charge in [0.15, 0.2) is 0 Å². The number of β-lactam (4-membered cyclic amide) rings is 1. The molecule has 3 atom stereocenters. The van der Waals surface area contributed by atoms with Crippen LogP contribution in [0.15, 0.2) is 103 Å². The van der Waals surface area contributed by atoms with Crippen LogP contribution in [0.2, 0.25) is 0 Å². The molecular formula is C30H27FNO5P. The highest BCUT2D eigenvalue weighted by atomic mass is 31.2. The lowest BCUT2D eigenvalue weighted by Gasteiger charge is -2.48. The summed E-state index contributed by atoms with van der Waals surface area (Å²) in [5, 5.41) is 10.6. The molecule has 0 aliphatic carbocycles. The molecule has 0 spiro atoms. The summed E-state index contributed by atoms with van der Waals surface area (Å²) in [6.45, 7) is 0. The van der Waals surface area contributed by atoms with Crippen molar-refractivity contribution in [1.29, 1.82) is 0 Å². The summed E-state index contributed by atoms with van der Waals surface area (Å²) in [5.41, 5.74) is 3.79. The van der Waals surface area contributed by atoms with E-state index in [0.717, 1.165) is 16.8 Å². The van der Waals surface area contributed by atoms with E-state index in [1.54, 1.807) is 29.2 Å². The fourth-order valence-electron chi connectivity index (χ4n) is 5.02. The second kappa shape index (κ2) is 10.6. The van der Waals surface area contributed by atoms with Crippen molar-refractivity contribution in [2.75, 3.05) is 4.90 Å². The molecule has 0 radical (unpaired) electrons. The van der Waals surface area contributed by atoms with Gasteiger partial charge in [-0.05, 0) is 71.5 Å². The number of benzene rings is 4. The lowest BCUT2D eigenvalue weighted by molar-refractivity contribution is -0.131. The number of aliphatic hydroxyl groups is 1. The van der Waals surface area contributed by atoms with Crippen LogP contribution in [0, 0.1) is 11.7 Å².